The molecule has 0 aromatic heterocycles. The molecule has 17 heavy (non-hydrogen) atoms. The average molecular weight is 234 g/mol. The van der Waals surface area contributed by atoms with E-state index in [9.17, 15) is 5.11 Å². The van der Waals surface area contributed by atoms with Gasteiger partial charge in [-0.25, -0.2) is 0 Å². The summed E-state index contributed by atoms with van der Waals surface area (Å²) < 4.78 is 11.3. The van der Waals surface area contributed by atoms with Gasteiger partial charge in [-0.15, -0.1) is 0 Å². The standard InChI is InChI=1S/C14H18O3/c1-13(2)8-14(13,9-15)10-4-3-5-11-12(10)17-7-6-16-11/h3-5,15H,6-9H2,1-2H3. The van der Waals surface area contributed by atoms with E-state index in [4.69, 9.17) is 9.47 Å². The van der Waals surface area contributed by atoms with E-state index in [1.165, 1.54) is 0 Å². The van der Waals surface area contributed by atoms with Crippen LogP contribution < -0.4 is 9.47 Å². The summed E-state index contributed by atoms with van der Waals surface area (Å²) >= 11 is 0. The van der Waals surface area contributed by atoms with Crippen molar-refractivity contribution in [1.29, 1.82) is 0 Å². The summed E-state index contributed by atoms with van der Waals surface area (Å²) in [4.78, 5) is 0. The molecule has 92 valence electrons. The van der Waals surface area contributed by atoms with Gasteiger partial charge in [-0.2, -0.15) is 0 Å². The van der Waals surface area contributed by atoms with Crippen LogP contribution in [0, 0.1) is 5.41 Å². The molecular formula is C14H18O3. The smallest absolute Gasteiger partial charge is 0.165 e. The summed E-state index contributed by atoms with van der Waals surface area (Å²) in [5, 5.41) is 9.75. The van der Waals surface area contributed by atoms with Gasteiger partial charge in [0.2, 0.25) is 0 Å². The third-order valence-corrected chi connectivity index (χ3v) is 4.27. The van der Waals surface area contributed by atoms with Gasteiger partial charge in [0.15, 0.2) is 11.5 Å². The van der Waals surface area contributed by atoms with Crippen molar-refractivity contribution < 1.29 is 14.6 Å². The lowest BCUT2D eigenvalue weighted by Crippen LogP contribution is -2.23. The molecule has 1 aliphatic heterocycles. The van der Waals surface area contributed by atoms with E-state index in [0.717, 1.165) is 23.5 Å². The van der Waals surface area contributed by atoms with Crippen LogP contribution in [0.1, 0.15) is 25.8 Å². The Hall–Kier alpha value is -1.22. The first-order valence-electron chi connectivity index (χ1n) is 6.11. The molecule has 0 amide bonds. The lowest BCUT2D eigenvalue weighted by Gasteiger charge is -2.26. The van der Waals surface area contributed by atoms with Crippen LogP contribution in [0.3, 0.4) is 0 Å². The van der Waals surface area contributed by atoms with Gasteiger partial charge in [-0.1, -0.05) is 26.0 Å². The fourth-order valence-electron chi connectivity index (χ4n) is 2.98. The molecule has 0 bridgehead atoms. The molecular weight excluding hydrogens is 216 g/mol. The first-order chi connectivity index (χ1) is 8.11. The number of aliphatic hydroxyl groups excluding tert-OH is 1. The molecule has 1 aromatic rings. The molecule has 3 rings (SSSR count). The zero-order chi connectivity index (χ0) is 12.1. The molecule has 1 saturated carbocycles. The summed E-state index contributed by atoms with van der Waals surface area (Å²) in [6.45, 7) is 5.73. The Morgan fingerprint density at radius 2 is 1.94 bits per heavy atom. The Bertz CT molecular complexity index is 453. The number of rotatable bonds is 2. The molecule has 0 spiro atoms. The predicted octanol–water partition coefficient (Wildman–Crippen LogP) is 2.12. The highest BCUT2D eigenvalue weighted by Crippen LogP contribution is 2.66. The maximum atomic E-state index is 9.75. The zero-order valence-electron chi connectivity index (χ0n) is 10.3. The first-order valence-corrected chi connectivity index (χ1v) is 6.11. The Morgan fingerprint density at radius 1 is 1.24 bits per heavy atom. The van der Waals surface area contributed by atoms with Gasteiger partial charge >= 0.3 is 0 Å². The van der Waals surface area contributed by atoms with Crippen molar-refractivity contribution in [2.24, 2.45) is 5.41 Å². The lowest BCUT2D eigenvalue weighted by molar-refractivity contribution is 0.163. The number of hydrogen-bond donors (Lipinski definition) is 1. The lowest BCUT2D eigenvalue weighted by atomic mass is 9.87. The van der Waals surface area contributed by atoms with E-state index in [1.807, 2.05) is 12.1 Å². The second-order valence-corrected chi connectivity index (χ2v) is 5.63. The van der Waals surface area contributed by atoms with Crippen molar-refractivity contribution in [1.82, 2.24) is 0 Å². The van der Waals surface area contributed by atoms with Gasteiger partial charge in [-0.3, -0.25) is 0 Å². The fraction of sp³-hybridized carbons (Fsp3) is 0.571. The van der Waals surface area contributed by atoms with Gasteiger partial charge < -0.3 is 14.6 Å². The molecule has 2 aliphatic rings. The van der Waals surface area contributed by atoms with Crippen LogP contribution >= 0.6 is 0 Å². The molecule has 1 atom stereocenters. The van der Waals surface area contributed by atoms with E-state index in [-0.39, 0.29) is 17.4 Å². The van der Waals surface area contributed by atoms with Crippen molar-refractivity contribution in [2.45, 2.75) is 25.7 Å². The van der Waals surface area contributed by atoms with E-state index >= 15 is 0 Å². The summed E-state index contributed by atoms with van der Waals surface area (Å²) in [5.74, 6) is 1.64. The number of fused-ring (bicyclic) bond motifs is 1. The van der Waals surface area contributed by atoms with Crippen LogP contribution in [0.5, 0.6) is 11.5 Å². The van der Waals surface area contributed by atoms with Crippen molar-refractivity contribution >= 4 is 0 Å². The minimum Gasteiger partial charge on any atom is -0.486 e. The fourth-order valence-corrected chi connectivity index (χ4v) is 2.98. The Labute approximate surface area is 101 Å². The predicted molar refractivity (Wildman–Crippen MR) is 64.6 cm³/mol. The molecule has 3 heteroatoms. The highest BCUT2D eigenvalue weighted by atomic mass is 16.6. The number of benzene rings is 1. The number of ether oxygens (including phenoxy) is 2. The van der Waals surface area contributed by atoms with E-state index in [1.54, 1.807) is 0 Å². The van der Waals surface area contributed by atoms with Gasteiger partial charge in [0, 0.05) is 11.0 Å². The van der Waals surface area contributed by atoms with E-state index in [2.05, 4.69) is 19.9 Å². The van der Waals surface area contributed by atoms with Gasteiger partial charge in [-0.05, 0) is 17.9 Å². The maximum absolute atomic E-state index is 9.75. The summed E-state index contributed by atoms with van der Waals surface area (Å²) in [7, 11) is 0. The SMILES string of the molecule is CC1(C)CC1(CO)c1cccc2c1OCCO2. The molecule has 1 N–H and O–H groups in total. The Kier molecular flexibility index (Phi) is 2.17. The third-order valence-electron chi connectivity index (χ3n) is 4.27. The number of aliphatic hydroxyl groups is 1. The van der Waals surface area contributed by atoms with Gasteiger partial charge in [0.25, 0.3) is 0 Å². The molecule has 0 radical (unpaired) electrons. The maximum Gasteiger partial charge on any atom is 0.165 e. The Morgan fingerprint density at radius 3 is 2.59 bits per heavy atom. The van der Waals surface area contributed by atoms with E-state index < -0.39 is 0 Å². The summed E-state index contributed by atoms with van der Waals surface area (Å²) in [5.41, 5.74) is 1.08. The van der Waals surface area contributed by atoms with Crippen LogP contribution in [-0.4, -0.2) is 24.9 Å². The second-order valence-electron chi connectivity index (χ2n) is 5.63. The summed E-state index contributed by atoms with van der Waals surface area (Å²) in [6, 6.07) is 5.96. The topological polar surface area (TPSA) is 38.7 Å². The van der Waals surface area contributed by atoms with Crippen LogP contribution in [0.4, 0.5) is 0 Å². The molecule has 1 unspecified atom stereocenters. The minimum absolute atomic E-state index is 0.137. The molecule has 1 fully saturated rings. The van der Waals surface area contributed by atoms with Crippen LogP contribution in [0.2, 0.25) is 0 Å². The molecule has 1 aromatic carbocycles. The molecule has 3 nitrogen and oxygen atoms in total. The summed E-state index contributed by atoms with van der Waals surface area (Å²) in [6.07, 6.45) is 0.996. The van der Waals surface area contributed by atoms with Gasteiger partial charge in [0.1, 0.15) is 13.2 Å². The zero-order valence-corrected chi connectivity index (χ0v) is 10.3. The number of para-hydroxylation sites is 1. The minimum atomic E-state index is -0.154. The highest BCUT2D eigenvalue weighted by molar-refractivity contribution is 5.54. The van der Waals surface area contributed by atoms with E-state index in [0.29, 0.717) is 13.2 Å². The largest absolute Gasteiger partial charge is 0.486 e. The van der Waals surface area contributed by atoms with Crippen molar-refractivity contribution in [3.05, 3.63) is 23.8 Å². The number of hydrogen-bond acceptors (Lipinski definition) is 3. The van der Waals surface area contributed by atoms with Crippen molar-refractivity contribution in [3.63, 3.8) is 0 Å². The highest BCUT2D eigenvalue weighted by Gasteiger charge is 2.63. The Balaban J connectivity index is 2.10. The monoisotopic (exact) mass is 234 g/mol. The van der Waals surface area contributed by atoms with Crippen molar-refractivity contribution in [2.75, 3.05) is 19.8 Å². The van der Waals surface area contributed by atoms with Crippen molar-refractivity contribution in [3.8, 4) is 11.5 Å². The molecule has 1 aliphatic carbocycles. The first kappa shape index (κ1) is 10.9. The second kappa shape index (κ2) is 3.39. The van der Waals surface area contributed by atoms with Crippen LogP contribution in [-0.2, 0) is 5.41 Å². The van der Waals surface area contributed by atoms with Crippen LogP contribution in [0.15, 0.2) is 18.2 Å². The molecule has 1 heterocycles. The quantitative estimate of drug-likeness (QED) is 0.851. The average Bonchev–Trinajstić information content (AvgIpc) is 2.92. The van der Waals surface area contributed by atoms with Gasteiger partial charge in [0.05, 0.1) is 6.61 Å². The van der Waals surface area contributed by atoms with Crippen LogP contribution in [0.25, 0.3) is 0 Å². The third kappa shape index (κ3) is 1.38. The molecule has 0 saturated heterocycles. The normalized spacial score (nSPS) is 28.9.